The van der Waals surface area contributed by atoms with Crippen molar-refractivity contribution in [1.82, 2.24) is 0 Å². The lowest BCUT2D eigenvalue weighted by atomic mass is 10.1. The monoisotopic (exact) mass is 244 g/mol. The molecule has 0 aliphatic rings. The van der Waals surface area contributed by atoms with E-state index in [1.165, 1.54) is 32.1 Å². The van der Waals surface area contributed by atoms with Gasteiger partial charge in [-0.1, -0.05) is 45.4 Å². The lowest BCUT2D eigenvalue weighted by molar-refractivity contribution is 0.585. The fourth-order valence-electron chi connectivity index (χ4n) is 1.25. The minimum atomic E-state index is -0.419. The molecule has 0 nitrogen and oxygen atoms in total. The van der Waals surface area contributed by atoms with Crippen molar-refractivity contribution in [3.8, 4) is 0 Å². The van der Waals surface area contributed by atoms with Crippen LogP contribution < -0.4 is 0 Å². The van der Waals surface area contributed by atoms with Gasteiger partial charge >= 0.3 is 0 Å². The lowest BCUT2D eigenvalue weighted by Crippen LogP contribution is -2.07. The van der Waals surface area contributed by atoms with E-state index in [-0.39, 0.29) is 5.38 Å². The first-order valence-electron chi connectivity index (χ1n) is 5.10. The van der Waals surface area contributed by atoms with Crippen LogP contribution in [0, 0.1) is 0 Å². The van der Waals surface area contributed by atoms with Gasteiger partial charge in [0.25, 0.3) is 0 Å². The summed E-state index contributed by atoms with van der Waals surface area (Å²) in [5.74, 6) is 0. The van der Waals surface area contributed by atoms with Gasteiger partial charge in [-0.15, -0.1) is 34.8 Å². The highest BCUT2D eigenvalue weighted by Crippen LogP contribution is 2.20. The van der Waals surface area contributed by atoms with Crippen molar-refractivity contribution < 1.29 is 0 Å². The van der Waals surface area contributed by atoms with Gasteiger partial charge in [0.05, 0.1) is 5.38 Å². The summed E-state index contributed by atoms with van der Waals surface area (Å²) in [6.07, 6.45) is 8.63. The van der Waals surface area contributed by atoms with E-state index in [4.69, 9.17) is 34.8 Å². The molecule has 1 atom stereocenters. The van der Waals surface area contributed by atoms with Gasteiger partial charge < -0.3 is 0 Å². The average molecular weight is 246 g/mol. The second-order valence-corrected chi connectivity index (χ2v) is 5.13. The van der Waals surface area contributed by atoms with E-state index in [9.17, 15) is 0 Å². The van der Waals surface area contributed by atoms with Gasteiger partial charge in [0.2, 0.25) is 0 Å². The molecule has 0 aliphatic carbocycles. The molecule has 0 aromatic rings. The molecule has 0 N–H and O–H groups in total. The fraction of sp³-hybridized carbons (Fsp3) is 1.00. The summed E-state index contributed by atoms with van der Waals surface area (Å²) in [7, 11) is 0. The number of hydrogen-bond donors (Lipinski definition) is 0. The van der Waals surface area contributed by atoms with Crippen molar-refractivity contribution in [1.29, 1.82) is 0 Å². The van der Waals surface area contributed by atoms with Crippen LogP contribution in [0.2, 0.25) is 0 Å². The Bertz CT molecular complexity index is 104. The van der Waals surface area contributed by atoms with Crippen LogP contribution in [0.15, 0.2) is 0 Å². The van der Waals surface area contributed by atoms with Crippen LogP contribution in [-0.4, -0.2) is 10.2 Å². The topological polar surface area (TPSA) is 0 Å². The van der Waals surface area contributed by atoms with Crippen LogP contribution in [0.5, 0.6) is 0 Å². The second-order valence-electron chi connectivity index (χ2n) is 3.41. The van der Waals surface area contributed by atoms with Crippen LogP contribution >= 0.6 is 34.8 Å². The van der Waals surface area contributed by atoms with Crippen molar-refractivity contribution in [2.45, 2.75) is 62.1 Å². The van der Waals surface area contributed by atoms with Gasteiger partial charge in [0.1, 0.15) is 4.84 Å². The number of halogens is 3. The SMILES string of the molecule is CCCCCCCCC(Cl)C(Cl)Cl. The molecule has 0 aromatic carbocycles. The van der Waals surface area contributed by atoms with E-state index in [1.54, 1.807) is 0 Å². The molecule has 0 bridgehead atoms. The van der Waals surface area contributed by atoms with Crippen LogP contribution in [0.1, 0.15) is 51.9 Å². The Morgan fingerprint density at radius 2 is 1.38 bits per heavy atom. The maximum atomic E-state index is 5.89. The van der Waals surface area contributed by atoms with Crippen molar-refractivity contribution in [3.63, 3.8) is 0 Å². The zero-order chi connectivity index (χ0) is 10.1. The van der Waals surface area contributed by atoms with Crippen molar-refractivity contribution in [2.24, 2.45) is 0 Å². The molecule has 13 heavy (non-hydrogen) atoms. The molecular formula is C10H19Cl3. The molecule has 0 fully saturated rings. The third-order valence-electron chi connectivity index (χ3n) is 2.11. The Hall–Kier alpha value is 0.870. The maximum Gasteiger partial charge on any atom is 0.124 e. The predicted octanol–water partition coefficient (Wildman–Crippen LogP) is 5.15. The smallest absolute Gasteiger partial charge is 0.120 e. The standard InChI is InChI=1S/C10H19Cl3/c1-2-3-4-5-6-7-8-9(11)10(12)13/h9-10H,2-8H2,1H3. The third kappa shape index (κ3) is 9.18. The van der Waals surface area contributed by atoms with Crippen LogP contribution in [-0.2, 0) is 0 Å². The molecule has 0 saturated heterocycles. The summed E-state index contributed by atoms with van der Waals surface area (Å²) in [5.41, 5.74) is 0. The first-order valence-corrected chi connectivity index (χ1v) is 6.41. The zero-order valence-electron chi connectivity index (χ0n) is 8.24. The highest BCUT2D eigenvalue weighted by atomic mass is 35.5. The number of rotatable bonds is 8. The van der Waals surface area contributed by atoms with Crippen molar-refractivity contribution >= 4 is 34.8 Å². The number of hydrogen-bond acceptors (Lipinski definition) is 0. The largest absolute Gasteiger partial charge is 0.124 e. The van der Waals surface area contributed by atoms with Crippen LogP contribution in [0.25, 0.3) is 0 Å². The molecule has 0 rings (SSSR count). The minimum Gasteiger partial charge on any atom is -0.120 e. The first kappa shape index (κ1) is 13.9. The summed E-state index contributed by atoms with van der Waals surface area (Å²) >= 11 is 17.1. The Labute approximate surface area is 96.9 Å². The minimum absolute atomic E-state index is 0.0745. The Morgan fingerprint density at radius 1 is 0.846 bits per heavy atom. The van der Waals surface area contributed by atoms with Crippen LogP contribution in [0.3, 0.4) is 0 Å². The number of unbranched alkanes of at least 4 members (excludes halogenated alkanes) is 5. The van der Waals surface area contributed by atoms with E-state index in [2.05, 4.69) is 6.92 Å². The molecule has 0 saturated carbocycles. The molecule has 80 valence electrons. The molecule has 0 aliphatic heterocycles. The van der Waals surface area contributed by atoms with Gasteiger partial charge in [-0.25, -0.2) is 0 Å². The van der Waals surface area contributed by atoms with E-state index >= 15 is 0 Å². The Balaban J connectivity index is 3.07. The van der Waals surface area contributed by atoms with Gasteiger partial charge in [-0.3, -0.25) is 0 Å². The van der Waals surface area contributed by atoms with Crippen molar-refractivity contribution in [3.05, 3.63) is 0 Å². The molecule has 0 radical (unpaired) electrons. The first-order chi connectivity index (χ1) is 6.18. The van der Waals surface area contributed by atoms with Gasteiger partial charge in [-0.2, -0.15) is 0 Å². The molecule has 3 heteroatoms. The Morgan fingerprint density at radius 3 is 1.92 bits per heavy atom. The second kappa shape index (κ2) is 9.43. The normalized spacial score (nSPS) is 13.6. The van der Waals surface area contributed by atoms with Gasteiger partial charge in [0, 0.05) is 0 Å². The zero-order valence-corrected chi connectivity index (χ0v) is 10.5. The Kier molecular flexibility index (Phi) is 10.1. The number of alkyl halides is 3. The van der Waals surface area contributed by atoms with Gasteiger partial charge in [-0.05, 0) is 6.42 Å². The fourth-order valence-corrected chi connectivity index (χ4v) is 1.65. The molecule has 0 amide bonds. The summed E-state index contributed by atoms with van der Waals surface area (Å²) < 4.78 is 0. The highest BCUT2D eigenvalue weighted by Gasteiger charge is 2.12. The summed E-state index contributed by atoms with van der Waals surface area (Å²) in [6.45, 7) is 2.22. The quantitative estimate of drug-likeness (QED) is 0.410. The summed E-state index contributed by atoms with van der Waals surface area (Å²) in [6, 6.07) is 0. The molecular weight excluding hydrogens is 226 g/mol. The summed E-state index contributed by atoms with van der Waals surface area (Å²) in [5, 5.41) is -0.0745. The molecule has 1 unspecified atom stereocenters. The molecule has 0 aromatic heterocycles. The molecule has 0 spiro atoms. The highest BCUT2D eigenvalue weighted by molar-refractivity contribution is 6.48. The van der Waals surface area contributed by atoms with Crippen molar-refractivity contribution in [2.75, 3.05) is 0 Å². The average Bonchev–Trinajstić information content (AvgIpc) is 2.10. The van der Waals surface area contributed by atoms with Gasteiger partial charge in [0.15, 0.2) is 0 Å². The van der Waals surface area contributed by atoms with E-state index in [1.807, 2.05) is 0 Å². The lowest BCUT2D eigenvalue weighted by Gasteiger charge is -2.08. The maximum absolute atomic E-state index is 5.89. The third-order valence-corrected chi connectivity index (χ3v) is 3.44. The molecule has 0 heterocycles. The van der Waals surface area contributed by atoms with E-state index in [0.29, 0.717) is 0 Å². The van der Waals surface area contributed by atoms with E-state index in [0.717, 1.165) is 12.8 Å². The van der Waals surface area contributed by atoms with Crippen LogP contribution in [0.4, 0.5) is 0 Å². The van der Waals surface area contributed by atoms with E-state index < -0.39 is 4.84 Å². The predicted molar refractivity (Wildman–Crippen MR) is 63.1 cm³/mol. The summed E-state index contributed by atoms with van der Waals surface area (Å²) in [4.78, 5) is -0.419.